The number of pyridine rings is 1. The summed E-state index contributed by atoms with van der Waals surface area (Å²) in [4.78, 5) is 13.4. The molecule has 0 fully saturated rings. The molecule has 94 valence electrons. The van der Waals surface area contributed by atoms with Crippen LogP contribution in [0.3, 0.4) is 0 Å². The number of aliphatic hydroxyl groups excluding tert-OH is 2. The third-order valence-corrected chi connectivity index (χ3v) is 2.05. The second-order valence-corrected chi connectivity index (χ2v) is 3.50. The Morgan fingerprint density at radius 2 is 1.94 bits per heavy atom. The van der Waals surface area contributed by atoms with Crippen molar-refractivity contribution < 1.29 is 23.8 Å². The zero-order valence-electron chi connectivity index (χ0n) is 9.02. The lowest BCUT2D eigenvalue weighted by atomic mass is 10.1. The van der Waals surface area contributed by atoms with Crippen LogP contribution in [0.5, 0.6) is 0 Å². The summed E-state index contributed by atoms with van der Waals surface area (Å²) < 4.78 is 25.5. The number of aliphatic hydroxyl groups is 2. The van der Waals surface area contributed by atoms with E-state index >= 15 is 0 Å². The summed E-state index contributed by atoms with van der Waals surface area (Å²) in [7, 11) is 0. The number of nitrogens with one attached hydrogen (secondary N) is 1. The number of halogens is 2. The van der Waals surface area contributed by atoms with Crippen LogP contribution in [0.25, 0.3) is 0 Å². The Morgan fingerprint density at radius 3 is 2.41 bits per heavy atom. The van der Waals surface area contributed by atoms with Gasteiger partial charge >= 0.3 is 0 Å². The van der Waals surface area contributed by atoms with Gasteiger partial charge in [-0.25, -0.2) is 0 Å². The monoisotopic (exact) mass is 246 g/mol. The Labute approximate surface area is 96.1 Å². The summed E-state index contributed by atoms with van der Waals surface area (Å²) in [6, 6.07) is 1.62. The lowest BCUT2D eigenvalue weighted by Gasteiger charge is -2.18. The quantitative estimate of drug-likeness (QED) is 0.647. The fourth-order valence-corrected chi connectivity index (χ4v) is 1.24. The molecular formula is C10H12F2N2O3. The predicted molar refractivity (Wildman–Crippen MR) is 53.8 cm³/mol. The second-order valence-electron chi connectivity index (χ2n) is 3.50. The highest BCUT2D eigenvalue weighted by Gasteiger charge is 2.20. The minimum Gasteiger partial charge on any atom is -0.388 e. The number of hydrogen-bond acceptors (Lipinski definition) is 4. The van der Waals surface area contributed by atoms with Crippen molar-refractivity contribution in [2.24, 2.45) is 0 Å². The minimum absolute atomic E-state index is 0.146. The fraction of sp³-hybridized carbons (Fsp3) is 0.400. The van der Waals surface area contributed by atoms with Gasteiger partial charge in [-0.1, -0.05) is 0 Å². The number of nitrogens with zero attached hydrogens (tertiary/aromatic N) is 1. The van der Waals surface area contributed by atoms with Gasteiger partial charge in [0, 0.05) is 13.5 Å². The van der Waals surface area contributed by atoms with Gasteiger partial charge in [-0.15, -0.1) is 0 Å². The van der Waals surface area contributed by atoms with Gasteiger partial charge in [0.2, 0.25) is 17.8 Å². The van der Waals surface area contributed by atoms with Crippen molar-refractivity contribution in [2.45, 2.75) is 19.1 Å². The molecule has 1 aromatic heterocycles. The van der Waals surface area contributed by atoms with Crippen LogP contribution in [0.2, 0.25) is 0 Å². The van der Waals surface area contributed by atoms with Crippen molar-refractivity contribution in [3.63, 3.8) is 0 Å². The first-order valence-corrected chi connectivity index (χ1v) is 4.83. The highest BCUT2D eigenvalue weighted by Crippen LogP contribution is 2.17. The molecule has 1 amide bonds. The molecular weight excluding hydrogens is 234 g/mol. The van der Waals surface area contributed by atoms with Gasteiger partial charge in [-0.2, -0.15) is 13.8 Å². The maximum Gasteiger partial charge on any atom is 0.216 e. The molecule has 2 unspecified atom stereocenters. The van der Waals surface area contributed by atoms with Crippen LogP contribution in [0.15, 0.2) is 12.1 Å². The molecule has 0 radical (unpaired) electrons. The van der Waals surface area contributed by atoms with Crippen molar-refractivity contribution in [3.05, 3.63) is 29.6 Å². The van der Waals surface area contributed by atoms with Crippen molar-refractivity contribution in [1.82, 2.24) is 10.3 Å². The average Bonchev–Trinajstić information content (AvgIpc) is 2.23. The van der Waals surface area contributed by atoms with Crippen LogP contribution in [0.1, 0.15) is 18.6 Å². The number of aromatic nitrogens is 1. The smallest absolute Gasteiger partial charge is 0.216 e. The summed E-state index contributed by atoms with van der Waals surface area (Å²) in [6.07, 6.45) is -2.87. The second kappa shape index (κ2) is 5.65. The van der Waals surface area contributed by atoms with E-state index in [-0.39, 0.29) is 18.0 Å². The maximum absolute atomic E-state index is 12.8. The summed E-state index contributed by atoms with van der Waals surface area (Å²) in [5.41, 5.74) is -0.146. The van der Waals surface area contributed by atoms with Gasteiger partial charge < -0.3 is 15.5 Å². The van der Waals surface area contributed by atoms with Crippen LogP contribution in [0, 0.1) is 11.9 Å². The summed E-state index contributed by atoms with van der Waals surface area (Å²) in [5.74, 6) is -2.57. The topological polar surface area (TPSA) is 82.5 Å². The molecule has 1 aromatic rings. The van der Waals surface area contributed by atoms with E-state index in [0.29, 0.717) is 0 Å². The van der Waals surface area contributed by atoms with Crippen LogP contribution in [-0.2, 0) is 4.79 Å². The van der Waals surface area contributed by atoms with E-state index in [1.807, 2.05) is 0 Å². The van der Waals surface area contributed by atoms with E-state index in [1.54, 1.807) is 0 Å². The lowest BCUT2D eigenvalue weighted by Crippen LogP contribution is -2.34. The molecule has 2 atom stereocenters. The average molecular weight is 246 g/mol. The first-order chi connectivity index (χ1) is 7.90. The molecule has 0 aliphatic rings. The Balaban J connectivity index is 2.73. The van der Waals surface area contributed by atoms with Crippen molar-refractivity contribution in [2.75, 3.05) is 6.54 Å². The summed E-state index contributed by atoms with van der Waals surface area (Å²) in [6.45, 7) is 1.02. The molecule has 17 heavy (non-hydrogen) atoms. The van der Waals surface area contributed by atoms with Gasteiger partial charge in [0.15, 0.2) is 0 Å². The van der Waals surface area contributed by atoms with E-state index in [2.05, 4.69) is 10.3 Å². The zero-order chi connectivity index (χ0) is 13.0. The molecule has 0 aromatic carbocycles. The predicted octanol–water partition coefficient (Wildman–Crippen LogP) is -0.110. The largest absolute Gasteiger partial charge is 0.388 e. The number of carbonyl (C=O) groups is 1. The fourth-order valence-electron chi connectivity index (χ4n) is 1.24. The molecule has 3 N–H and O–H groups in total. The molecule has 0 saturated carbocycles. The molecule has 1 rings (SSSR count). The number of amides is 1. The lowest BCUT2D eigenvalue weighted by molar-refractivity contribution is -0.119. The number of hydrogen-bond donors (Lipinski definition) is 3. The molecule has 0 saturated heterocycles. The number of carbonyl (C=O) groups excluding carboxylic acids is 1. The van der Waals surface area contributed by atoms with Crippen LogP contribution < -0.4 is 5.32 Å². The third kappa shape index (κ3) is 4.04. The van der Waals surface area contributed by atoms with E-state index in [4.69, 9.17) is 0 Å². The summed E-state index contributed by atoms with van der Waals surface area (Å²) in [5, 5.41) is 21.3. The number of rotatable bonds is 4. The molecule has 7 heteroatoms. The van der Waals surface area contributed by atoms with Gasteiger partial charge in [0.05, 0.1) is 0 Å². The third-order valence-electron chi connectivity index (χ3n) is 2.05. The SMILES string of the molecule is CC(=O)NCC(O)C(O)c1cc(F)nc(F)c1. The van der Waals surface area contributed by atoms with E-state index < -0.39 is 24.1 Å². The van der Waals surface area contributed by atoms with Gasteiger partial charge in [-0.05, 0) is 17.7 Å². The molecule has 0 aliphatic heterocycles. The zero-order valence-corrected chi connectivity index (χ0v) is 9.02. The Morgan fingerprint density at radius 1 is 1.41 bits per heavy atom. The summed E-state index contributed by atoms with van der Waals surface area (Å²) >= 11 is 0. The van der Waals surface area contributed by atoms with Crippen molar-refractivity contribution in [1.29, 1.82) is 0 Å². The molecule has 0 spiro atoms. The molecule has 5 nitrogen and oxygen atoms in total. The Kier molecular flexibility index (Phi) is 4.47. The highest BCUT2D eigenvalue weighted by molar-refractivity contribution is 5.72. The minimum atomic E-state index is -1.51. The first kappa shape index (κ1) is 13.5. The Bertz CT molecular complexity index is 394. The van der Waals surface area contributed by atoms with E-state index in [9.17, 15) is 23.8 Å². The molecule has 0 aliphatic carbocycles. The normalized spacial score (nSPS) is 14.2. The molecule has 0 bridgehead atoms. The van der Waals surface area contributed by atoms with Crippen LogP contribution in [0.4, 0.5) is 8.78 Å². The van der Waals surface area contributed by atoms with E-state index in [1.165, 1.54) is 6.92 Å². The van der Waals surface area contributed by atoms with Gasteiger partial charge in [0.25, 0.3) is 0 Å². The van der Waals surface area contributed by atoms with Gasteiger partial charge in [0.1, 0.15) is 12.2 Å². The maximum atomic E-state index is 12.8. The Hall–Kier alpha value is -1.60. The van der Waals surface area contributed by atoms with Crippen LogP contribution >= 0.6 is 0 Å². The van der Waals surface area contributed by atoms with Gasteiger partial charge in [-0.3, -0.25) is 4.79 Å². The standard InChI is InChI=1S/C10H12F2N2O3/c1-5(15)13-4-7(16)10(17)6-2-8(11)14-9(12)3-6/h2-3,7,10,16-17H,4H2,1H3,(H,13,15). The van der Waals surface area contributed by atoms with E-state index in [0.717, 1.165) is 12.1 Å². The van der Waals surface area contributed by atoms with Crippen LogP contribution in [-0.4, -0.2) is 33.8 Å². The first-order valence-electron chi connectivity index (χ1n) is 4.83. The van der Waals surface area contributed by atoms with Crippen molar-refractivity contribution in [3.8, 4) is 0 Å². The molecule has 1 heterocycles. The highest BCUT2D eigenvalue weighted by atomic mass is 19.1. The van der Waals surface area contributed by atoms with Crippen molar-refractivity contribution >= 4 is 5.91 Å².